The fourth-order valence-electron chi connectivity index (χ4n) is 3.47. The van der Waals surface area contributed by atoms with Gasteiger partial charge < -0.3 is 15.1 Å². The van der Waals surface area contributed by atoms with Crippen LogP contribution in [0.4, 0.5) is 5.69 Å². The first-order valence-corrected chi connectivity index (χ1v) is 7.34. The van der Waals surface area contributed by atoms with Gasteiger partial charge in [0.2, 0.25) is 0 Å². The number of rotatable bonds is 2. The summed E-state index contributed by atoms with van der Waals surface area (Å²) in [6, 6.07) is 5.75. The molecule has 2 N–H and O–H groups in total. The third kappa shape index (κ3) is 2.35. The van der Waals surface area contributed by atoms with Gasteiger partial charge in [-0.3, -0.25) is 0 Å². The highest BCUT2D eigenvalue weighted by molar-refractivity contribution is 6.33. The number of hydrogen-bond acceptors (Lipinski definition) is 3. The van der Waals surface area contributed by atoms with E-state index in [1.54, 1.807) is 6.92 Å². The maximum atomic E-state index is 9.96. The topological polar surface area (TPSA) is 43.7 Å². The molecule has 1 aliphatic carbocycles. The Balaban J connectivity index is 1.80. The van der Waals surface area contributed by atoms with Crippen molar-refractivity contribution in [3.05, 3.63) is 28.8 Å². The predicted octanol–water partition coefficient (Wildman–Crippen LogP) is 2.60. The van der Waals surface area contributed by atoms with Crippen LogP contribution in [0.1, 0.15) is 31.4 Å². The van der Waals surface area contributed by atoms with Gasteiger partial charge in [-0.15, -0.1) is 0 Å². The summed E-state index contributed by atoms with van der Waals surface area (Å²) in [5.41, 5.74) is 1.86. The van der Waals surface area contributed by atoms with Crippen molar-refractivity contribution >= 4 is 17.3 Å². The van der Waals surface area contributed by atoms with Crippen molar-refractivity contribution in [1.29, 1.82) is 0 Å². The van der Waals surface area contributed by atoms with Crippen LogP contribution in [-0.2, 0) is 0 Å². The largest absolute Gasteiger partial charge is 0.393 e. The van der Waals surface area contributed by atoms with Gasteiger partial charge in [0, 0.05) is 19.0 Å². The van der Waals surface area contributed by atoms with E-state index in [1.165, 1.54) is 0 Å². The highest BCUT2D eigenvalue weighted by atomic mass is 35.5. The molecule has 1 saturated carbocycles. The first-order chi connectivity index (χ1) is 9.06. The molecule has 3 rings (SSSR count). The molecule has 0 spiro atoms. The van der Waals surface area contributed by atoms with Crippen molar-refractivity contribution in [3.8, 4) is 0 Å². The standard InChI is InChI=1S/C15H20ClNO2/c1-9(18)10-2-4-14(13(16)6-10)17-7-11-3-5-15(19)12(11)8-17/h2,4,6,9,11-12,15,18-19H,3,5,7-8H2,1H3/t9-,11?,12?,15?/m1/s1. The molecular weight excluding hydrogens is 262 g/mol. The quantitative estimate of drug-likeness (QED) is 0.876. The van der Waals surface area contributed by atoms with Crippen molar-refractivity contribution in [2.75, 3.05) is 18.0 Å². The van der Waals surface area contributed by atoms with Crippen LogP contribution in [0, 0.1) is 11.8 Å². The number of aliphatic hydroxyl groups excluding tert-OH is 2. The molecule has 1 aromatic rings. The number of benzene rings is 1. The van der Waals surface area contributed by atoms with Gasteiger partial charge in [0.25, 0.3) is 0 Å². The van der Waals surface area contributed by atoms with Gasteiger partial charge in [0.1, 0.15) is 0 Å². The Morgan fingerprint density at radius 1 is 1.32 bits per heavy atom. The van der Waals surface area contributed by atoms with Crippen molar-refractivity contribution in [1.82, 2.24) is 0 Å². The molecule has 2 fully saturated rings. The number of fused-ring (bicyclic) bond motifs is 1. The highest BCUT2D eigenvalue weighted by Gasteiger charge is 2.42. The average molecular weight is 282 g/mol. The molecule has 1 aromatic carbocycles. The zero-order valence-electron chi connectivity index (χ0n) is 11.1. The molecule has 104 valence electrons. The van der Waals surface area contributed by atoms with Crippen LogP contribution >= 0.6 is 11.6 Å². The molecule has 4 atom stereocenters. The fraction of sp³-hybridized carbons (Fsp3) is 0.600. The monoisotopic (exact) mass is 281 g/mol. The van der Waals surface area contributed by atoms with E-state index in [9.17, 15) is 10.2 Å². The van der Waals surface area contributed by atoms with Gasteiger partial charge in [-0.05, 0) is 43.4 Å². The smallest absolute Gasteiger partial charge is 0.0762 e. The summed E-state index contributed by atoms with van der Waals surface area (Å²) < 4.78 is 0. The Hall–Kier alpha value is -0.770. The second-order valence-electron chi connectivity index (χ2n) is 5.86. The number of hydrogen-bond donors (Lipinski definition) is 2. The highest BCUT2D eigenvalue weighted by Crippen LogP contribution is 2.41. The summed E-state index contributed by atoms with van der Waals surface area (Å²) in [7, 11) is 0. The minimum absolute atomic E-state index is 0.148. The summed E-state index contributed by atoms with van der Waals surface area (Å²) in [6.45, 7) is 3.61. The van der Waals surface area contributed by atoms with Crippen LogP contribution in [0.25, 0.3) is 0 Å². The second-order valence-corrected chi connectivity index (χ2v) is 6.27. The van der Waals surface area contributed by atoms with Crippen LogP contribution < -0.4 is 4.90 Å². The Morgan fingerprint density at radius 3 is 2.74 bits per heavy atom. The van der Waals surface area contributed by atoms with E-state index in [0.29, 0.717) is 16.9 Å². The molecule has 4 heteroatoms. The van der Waals surface area contributed by atoms with E-state index in [-0.39, 0.29) is 6.10 Å². The minimum atomic E-state index is -0.494. The Kier molecular flexibility index (Phi) is 3.46. The lowest BCUT2D eigenvalue weighted by Crippen LogP contribution is -2.24. The summed E-state index contributed by atoms with van der Waals surface area (Å²) in [4.78, 5) is 2.27. The van der Waals surface area contributed by atoms with Crippen LogP contribution in [0.15, 0.2) is 18.2 Å². The minimum Gasteiger partial charge on any atom is -0.393 e. The molecule has 0 radical (unpaired) electrons. The van der Waals surface area contributed by atoms with E-state index in [1.807, 2.05) is 18.2 Å². The van der Waals surface area contributed by atoms with Crippen molar-refractivity contribution in [2.24, 2.45) is 11.8 Å². The Bertz CT molecular complexity index is 477. The zero-order valence-corrected chi connectivity index (χ0v) is 11.8. The van der Waals surface area contributed by atoms with Gasteiger partial charge in [0.05, 0.1) is 22.9 Å². The van der Waals surface area contributed by atoms with Gasteiger partial charge in [-0.25, -0.2) is 0 Å². The van der Waals surface area contributed by atoms with Crippen molar-refractivity contribution in [3.63, 3.8) is 0 Å². The van der Waals surface area contributed by atoms with Crippen molar-refractivity contribution in [2.45, 2.75) is 32.0 Å². The van der Waals surface area contributed by atoms with Crippen molar-refractivity contribution < 1.29 is 10.2 Å². The number of nitrogens with zero attached hydrogens (tertiary/aromatic N) is 1. The van der Waals surface area contributed by atoms with Gasteiger partial charge >= 0.3 is 0 Å². The lowest BCUT2D eigenvalue weighted by atomic mass is 10.00. The molecule has 1 saturated heterocycles. The van der Waals surface area contributed by atoms with Crippen LogP contribution in [0.5, 0.6) is 0 Å². The van der Waals surface area contributed by atoms with E-state index in [2.05, 4.69) is 4.90 Å². The molecule has 0 aromatic heterocycles. The average Bonchev–Trinajstić information content (AvgIpc) is 2.92. The van der Waals surface area contributed by atoms with E-state index >= 15 is 0 Å². The van der Waals surface area contributed by atoms with Crippen LogP contribution in [0.2, 0.25) is 5.02 Å². The second kappa shape index (κ2) is 4.97. The van der Waals surface area contributed by atoms with E-state index in [4.69, 9.17) is 11.6 Å². The normalized spacial score (nSPS) is 31.6. The van der Waals surface area contributed by atoms with E-state index < -0.39 is 6.10 Å². The molecule has 3 nitrogen and oxygen atoms in total. The Morgan fingerprint density at radius 2 is 2.11 bits per heavy atom. The number of anilines is 1. The first-order valence-electron chi connectivity index (χ1n) is 6.97. The maximum absolute atomic E-state index is 9.96. The lowest BCUT2D eigenvalue weighted by Gasteiger charge is -2.22. The maximum Gasteiger partial charge on any atom is 0.0762 e. The summed E-state index contributed by atoms with van der Waals surface area (Å²) in [5, 5.41) is 20.2. The third-order valence-electron chi connectivity index (χ3n) is 4.61. The number of aliphatic hydroxyl groups is 2. The summed E-state index contributed by atoms with van der Waals surface area (Å²) >= 11 is 6.33. The van der Waals surface area contributed by atoms with Gasteiger partial charge in [-0.1, -0.05) is 17.7 Å². The third-order valence-corrected chi connectivity index (χ3v) is 4.92. The fourth-order valence-corrected chi connectivity index (χ4v) is 3.78. The molecule has 1 aliphatic heterocycles. The van der Waals surface area contributed by atoms with Crippen LogP contribution in [0.3, 0.4) is 0 Å². The summed E-state index contributed by atoms with van der Waals surface area (Å²) in [5.74, 6) is 0.995. The molecular formula is C15H20ClNO2. The molecule has 19 heavy (non-hydrogen) atoms. The van der Waals surface area contributed by atoms with Crippen LogP contribution in [-0.4, -0.2) is 29.4 Å². The van der Waals surface area contributed by atoms with Gasteiger partial charge in [-0.2, -0.15) is 0 Å². The first kappa shape index (κ1) is 13.2. The summed E-state index contributed by atoms with van der Waals surface area (Å²) in [6.07, 6.45) is 1.42. The molecule has 1 heterocycles. The lowest BCUT2D eigenvalue weighted by molar-refractivity contribution is 0.133. The molecule has 3 unspecified atom stereocenters. The molecule has 2 aliphatic rings. The zero-order chi connectivity index (χ0) is 13.6. The molecule has 0 bridgehead atoms. The SMILES string of the molecule is C[C@@H](O)c1ccc(N2CC3CCC(O)C3C2)c(Cl)c1. The van der Waals surface area contributed by atoms with Gasteiger partial charge in [0.15, 0.2) is 0 Å². The number of halogens is 1. The Labute approximate surface area is 118 Å². The molecule has 0 amide bonds. The van der Waals surface area contributed by atoms with E-state index in [0.717, 1.165) is 37.2 Å². The predicted molar refractivity (Wildman–Crippen MR) is 76.5 cm³/mol.